The zero-order valence-electron chi connectivity index (χ0n) is 18.5. The second-order valence-corrected chi connectivity index (χ2v) is 7.38. The minimum Gasteiger partial charge on any atom is -0.497 e. The van der Waals surface area contributed by atoms with E-state index in [9.17, 15) is 9.90 Å². The standard InChI is InChI=1S/C26H28O6/c1-17(5-6-19-7-11-21(29-3)12-8-19)23-16-31-24(15-27)25(18(23)2)32-26(28)20-9-13-22(30-4)14-10-20/h5-14,24-25,27H,1,15-16H2,2-4H3/b6-5-/t24-,25+/m1/s1. The van der Waals surface area contributed by atoms with Crippen molar-refractivity contribution in [3.8, 4) is 11.5 Å². The average molecular weight is 437 g/mol. The van der Waals surface area contributed by atoms with Gasteiger partial charge in [-0.2, -0.15) is 0 Å². The third-order valence-corrected chi connectivity index (χ3v) is 5.40. The average Bonchev–Trinajstić information content (AvgIpc) is 2.84. The molecule has 0 aliphatic carbocycles. The molecule has 1 heterocycles. The number of hydrogen-bond acceptors (Lipinski definition) is 6. The van der Waals surface area contributed by atoms with Crippen LogP contribution in [0.5, 0.6) is 11.5 Å². The maximum atomic E-state index is 12.7. The van der Waals surface area contributed by atoms with E-state index >= 15 is 0 Å². The zero-order valence-corrected chi connectivity index (χ0v) is 18.5. The molecule has 168 valence electrons. The number of rotatable bonds is 8. The Kier molecular flexibility index (Phi) is 7.87. The summed E-state index contributed by atoms with van der Waals surface area (Å²) < 4.78 is 21.8. The smallest absolute Gasteiger partial charge is 0.338 e. The summed E-state index contributed by atoms with van der Waals surface area (Å²) in [6.45, 7) is 6.04. The monoisotopic (exact) mass is 436 g/mol. The highest BCUT2D eigenvalue weighted by atomic mass is 16.6. The molecule has 0 spiro atoms. The van der Waals surface area contributed by atoms with Crippen LogP contribution in [0.1, 0.15) is 22.8 Å². The molecule has 2 aromatic carbocycles. The fourth-order valence-corrected chi connectivity index (χ4v) is 3.42. The molecule has 0 aromatic heterocycles. The van der Waals surface area contributed by atoms with E-state index < -0.39 is 18.2 Å². The van der Waals surface area contributed by atoms with Crippen molar-refractivity contribution < 1.29 is 28.8 Å². The predicted octanol–water partition coefficient (Wildman–Crippen LogP) is 4.21. The lowest BCUT2D eigenvalue weighted by Crippen LogP contribution is -2.41. The fraction of sp³-hybridized carbons (Fsp3) is 0.269. The van der Waals surface area contributed by atoms with Crippen molar-refractivity contribution in [2.24, 2.45) is 0 Å². The van der Waals surface area contributed by atoms with Gasteiger partial charge in [0.25, 0.3) is 0 Å². The van der Waals surface area contributed by atoms with Crippen molar-refractivity contribution in [2.75, 3.05) is 27.4 Å². The van der Waals surface area contributed by atoms with Gasteiger partial charge in [0.15, 0.2) is 6.10 Å². The van der Waals surface area contributed by atoms with Gasteiger partial charge >= 0.3 is 5.97 Å². The first-order chi connectivity index (χ1) is 15.5. The molecule has 0 saturated carbocycles. The van der Waals surface area contributed by atoms with Gasteiger partial charge in [0, 0.05) is 0 Å². The maximum absolute atomic E-state index is 12.7. The first-order valence-corrected chi connectivity index (χ1v) is 10.3. The summed E-state index contributed by atoms with van der Waals surface area (Å²) in [7, 11) is 3.19. The molecule has 0 fully saturated rings. The van der Waals surface area contributed by atoms with Crippen molar-refractivity contribution in [1.29, 1.82) is 0 Å². The number of allylic oxidation sites excluding steroid dienone is 1. The second-order valence-electron chi connectivity index (χ2n) is 7.38. The lowest BCUT2D eigenvalue weighted by molar-refractivity contribution is -0.0638. The number of carbonyl (C=O) groups excluding carboxylic acids is 1. The summed E-state index contributed by atoms with van der Waals surface area (Å²) in [5.74, 6) is 0.936. The molecule has 32 heavy (non-hydrogen) atoms. The first kappa shape index (κ1) is 23.3. The number of esters is 1. The number of benzene rings is 2. The molecule has 1 N–H and O–H groups in total. The number of ether oxygens (including phenoxy) is 4. The van der Waals surface area contributed by atoms with Crippen molar-refractivity contribution in [3.05, 3.63) is 89.0 Å². The molecule has 0 amide bonds. The minimum absolute atomic E-state index is 0.265. The Hall–Kier alpha value is -3.35. The highest BCUT2D eigenvalue weighted by Gasteiger charge is 2.33. The molecular formula is C26H28O6. The number of hydrogen-bond donors (Lipinski definition) is 1. The summed E-state index contributed by atoms with van der Waals surface area (Å²) >= 11 is 0. The van der Waals surface area contributed by atoms with Crippen LogP contribution in [0.2, 0.25) is 0 Å². The molecule has 0 bridgehead atoms. The van der Waals surface area contributed by atoms with Crippen LogP contribution in [0.15, 0.2) is 77.9 Å². The van der Waals surface area contributed by atoms with Gasteiger partial charge in [0.2, 0.25) is 0 Å². The molecule has 0 unspecified atom stereocenters. The van der Waals surface area contributed by atoms with Crippen molar-refractivity contribution >= 4 is 12.0 Å². The third-order valence-electron chi connectivity index (χ3n) is 5.40. The Labute approximate surface area is 188 Å². The van der Waals surface area contributed by atoms with E-state index in [0.29, 0.717) is 11.3 Å². The van der Waals surface area contributed by atoms with Gasteiger partial charge in [0.05, 0.1) is 33.0 Å². The quantitative estimate of drug-likeness (QED) is 0.494. The fourth-order valence-electron chi connectivity index (χ4n) is 3.42. The van der Waals surface area contributed by atoms with Gasteiger partial charge in [-0.25, -0.2) is 4.79 Å². The topological polar surface area (TPSA) is 74.2 Å². The van der Waals surface area contributed by atoms with Gasteiger partial charge in [-0.1, -0.05) is 30.9 Å². The Morgan fingerprint density at radius 2 is 1.69 bits per heavy atom. The van der Waals surface area contributed by atoms with Crippen LogP contribution in [0, 0.1) is 0 Å². The van der Waals surface area contributed by atoms with Crippen LogP contribution in [0.4, 0.5) is 0 Å². The number of aliphatic hydroxyl groups is 1. The molecule has 3 rings (SSSR count). The summed E-state index contributed by atoms with van der Waals surface area (Å²) in [5, 5.41) is 9.75. The molecule has 6 nitrogen and oxygen atoms in total. The van der Waals surface area contributed by atoms with E-state index in [2.05, 4.69) is 6.58 Å². The highest BCUT2D eigenvalue weighted by Crippen LogP contribution is 2.29. The van der Waals surface area contributed by atoms with Crippen LogP contribution in [-0.4, -0.2) is 50.7 Å². The molecule has 1 aliphatic rings. The predicted molar refractivity (Wildman–Crippen MR) is 123 cm³/mol. The number of aliphatic hydroxyl groups excluding tert-OH is 1. The van der Waals surface area contributed by atoms with Gasteiger partial charge in [-0.15, -0.1) is 0 Å². The van der Waals surface area contributed by atoms with Gasteiger partial charge in [-0.05, 0) is 65.6 Å². The van der Waals surface area contributed by atoms with E-state index in [1.165, 1.54) is 0 Å². The van der Waals surface area contributed by atoms with E-state index in [-0.39, 0.29) is 13.2 Å². The first-order valence-electron chi connectivity index (χ1n) is 10.3. The highest BCUT2D eigenvalue weighted by molar-refractivity contribution is 5.89. The Morgan fingerprint density at radius 3 is 2.25 bits per heavy atom. The van der Waals surface area contributed by atoms with Crippen LogP contribution in [0.25, 0.3) is 6.08 Å². The van der Waals surface area contributed by atoms with E-state index in [1.807, 2.05) is 43.3 Å². The Bertz CT molecular complexity index is 1000. The van der Waals surface area contributed by atoms with E-state index in [4.69, 9.17) is 18.9 Å². The Balaban J connectivity index is 1.77. The summed E-state index contributed by atoms with van der Waals surface area (Å²) in [4.78, 5) is 12.7. The van der Waals surface area contributed by atoms with Crippen LogP contribution in [-0.2, 0) is 9.47 Å². The zero-order chi connectivity index (χ0) is 23.1. The summed E-state index contributed by atoms with van der Waals surface area (Å²) in [6.07, 6.45) is 2.48. The van der Waals surface area contributed by atoms with Crippen molar-refractivity contribution in [3.63, 3.8) is 0 Å². The largest absolute Gasteiger partial charge is 0.497 e. The second kappa shape index (κ2) is 10.8. The minimum atomic E-state index is -0.718. The van der Waals surface area contributed by atoms with E-state index in [0.717, 1.165) is 28.0 Å². The SMILES string of the molecule is C=C(/C=C\c1ccc(OC)cc1)C1=C(C)[C@H](OC(=O)c2ccc(OC)cc2)[C@@H](CO)OC1. The van der Waals surface area contributed by atoms with Crippen LogP contribution in [0.3, 0.4) is 0 Å². The molecule has 0 radical (unpaired) electrons. The summed E-state index contributed by atoms with van der Waals surface area (Å²) in [5.41, 5.74) is 3.78. The lowest BCUT2D eigenvalue weighted by Gasteiger charge is -2.33. The molecule has 0 saturated heterocycles. The third kappa shape index (κ3) is 5.46. The molecular weight excluding hydrogens is 408 g/mol. The van der Waals surface area contributed by atoms with Gasteiger partial charge in [0.1, 0.15) is 17.6 Å². The molecule has 2 atom stereocenters. The lowest BCUT2D eigenvalue weighted by atomic mass is 9.93. The maximum Gasteiger partial charge on any atom is 0.338 e. The number of carbonyl (C=O) groups is 1. The Morgan fingerprint density at radius 1 is 1.09 bits per heavy atom. The van der Waals surface area contributed by atoms with Crippen molar-refractivity contribution in [1.82, 2.24) is 0 Å². The van der Waals surface area contributed by atoms with E-state index in [1.54, 1.807) is 38.5 Å². The van der Waals surface area contributed by atoms with Crippen molar-refractivity contribution in [2.45, 2.75) is 19.1 Å². The van der Waals surface area contributed by atoms with Gasteiger partial charge in [-0.3, -0.25) is 0 Å². The van der Waals surface area contributed by atoms with Crippen LogP contribution >= 0.6 is 0 Å². The molecule has 1 aliphatic heterocycles. The normalized spacial score (nSPS) is 18.5. The summed E-state index contributed by atoms with van der Waals surface area (Å²) in [6, 6.07) is 14.3. The molecule has 6 heteroatoms. The number of methoxy groups -OCH3 is 2. The van der Waals surface area contributed by atoms with Crippen LogP contribution < -0.4 is 9.47 Å². The molecule has 2 aromatic rings. The van der Waals surface area contributed by atoms with Gasteiger partial charge < -0.3 is 24.1 Å².